The lowest BCUT2D eigenvalue weighted by Crippen LogP contribution is -2.44. The van der Waals surface area contributed by atoms with Crippen LogP contribution in [0.25, 0.3) is 0 Å². The molecule has 0 saturated carbocycles. The van der Waals surface area contributed by atoms with Gasteiger partial charge in [0.15, 0.2) is 12.4 Å². The van der Waals surface area contributed by atoms with Gasteiger partial charge in [0.25, 0.3) is 0 Å². The highest BCUT2D eigenvalue weighted by molar-refractivity contribution is 5.70. The van der Waals surface area contributed by atoms with Gasteiger partial charge in [0.05, 0.1) is 40.3 Å². The molecular weight excluding hydrogens is 1170 g/mol. The Hall–Kier alpha value is -3.53. The lowest BCUT2D eigenvalue weighted by molar-refractivity contribution is -0.870. The predicted octanol–water partition coefficient (Wildman–Crippen LogP) is 24.8. The molecule has 95 heavy (non-hydrogen) atoms. The highest BCUT2D eigenvalue weighted by Crippen LogP contribution is 2.19. The van der Waals surface area contributed by atoms with Crippen LogP contribution in [0.5, 0.6) is 0 Å². The van der Waals surface area contributed by atoms with Gasteiger partial charge in [0, 0.05) is 12.8 Å². The number of hydrogen-bond acceptors (Lipinski definition) is 8. The first-order valence-electron chi connectivity index (χ1n) is 40.7. The van der Waals surface area contributed by atoms with E-state index in [1.165, 1.54) is 276 Å². The van der Waals surface area contributed by atoms with Gasteiger partial charge in [-0.2, -0.15) is 0 Å². The molecule has 0 heterocycles. The maximum atomic E-state index is 13.0. The highest BCUT2D eigenvalue weighted by atomic mass is 16.7. The fraction of sp³-hybridized carbons (Fsp3) is 0.802. The molecule has 0 aliphatic rings. The number of esters is 2. The number of likely N-dealkylation sites (N-methyl/N-ethyl adjacent to an activating group) is 1. The van der Waals surface area contributed by atoms with E-state index in [1.54, 1.807) is 0 Å². The molecule has 9 nitrogen and oxygen atoms in total. The summed E-state index contributed by atoms with van der Waals surface area (Å²) in [7, 11) is 5.94. The summed E-state index contributed by atoms with van der Waals surface area (Å²) < 4.78 is 22.9. The normalized spacial score (nSPS) is 13.1. The summed E-state index contributed by atoms with van der Waals surface area (Å²) in [5.74, 6) is -2.27. The van der Waals surface area contributed by atoms with E-state index in [1.807, 2.05) is 21.1 Å². The van der Waals surface area contributed by atoms with Crippen molar-refractivity contribution in [1.29, 1.82) is 0 Å². The van der Waals surface area contributed by atoms with Gasteiger partial charge in [0.2, 0.25) is 0 Å². The smallest absolute Gasteiger partial charge is 0.306 e. The molecule has 2 atom stereocenters. The summed E-state index contributed by atoms with van der Waals surface area (Å²) in [6, 6.07) is 0. The first-order chi connectivity index (χ1) is 46.6. The summed E-state index contributed by atoms with van der Waals surface area (Å²) in [6.07, 6.45) is 101. The summed E-state index contributed by atoms with van der Waals surface area (Å²) in [5.41, 5.74) is 0. The second kappa shape index (κ2) is 76.2. The van der Waals surface area contributed by atoms with E-state index < -0.39 is 24.3 Å². The molecule has 0 N–H and O–H groups in total. The van der Waals surface area contributed by atoms with Crippen LogP contribution >= 0.6 is 0 Å². The van der Waals surface area contributed by atoms with Crippen LogP contribution in [-0.4, -0.2) is 82.3 Å². The molecule has 0 aliphatic heterocycles. The molecule has 0 radical (unpaired) electrons. The Kier molecular flexibility index (Phi) is 73.4. The number of carbonyl (C=O) groups excluding carboxylic acids is 3. The lowest BCUT2D eigenvalue weighted by atomic mass is 10.0. The Morgan fingerprint density at radius 3 is 0.905 bits per heavy atom. The van der Waals surface area contributed by atoms with Crippen LogP contribution in [0.4, 0.5) is 0 Å². The summed E-state index contributed by atoms with van der Waals surface area (Å²) in [6.45, 7) is 4.68. The summed E-state index contributed by atoms with van der Waals surface area (Å²) in [5, 5.41) is 11.9. The average Bonchev–Trinajstić information content (AvgIpc) is 3.24. The van der Waals surface area contributed by atoms with Gasteiger partial charge in [-0.1, -0.05) is 369 Å². The number of unbranched alkanes of at least 4 members (excludes halogenated alkanes) is 47. The van der Waals surface area contributed by atoms with Crippen molar-refractivity contribution in [2.75, 3.05) is 47.5 Å². The molecule has 0 aromatic rings. The largest absolute Gasteiger partial charge is 0.545 e. The second-order valence-electron chi connectivity index (χ2n) is 28.7. The van der Waals surface area contributed by atoms with E-state index in [9.17, 15) is 19.5 Å². The molecule has 0 spiro atoms. The molecule has 0 amide bonds. The Morgan fingerprint density at radius 2 is 0.600 bits per heavy atom. The molecule has 0 rings (SSSR count). The van der Waals surface area contributed by atoms with E-state index in [-0.39, 0.29) is 32.2 Å². The fourth-order valence-corrected chi connectivity index (χ4v) is 12.0. The van der Waals surface area contributed by atoms with E-state index in [4.69, 9.17) is 18.9 Å². The third kappa shape index (κ3) is 77.7. The number of carbonyl (C=O) groups is 3. The average molecular weight is 1330 g/mol. The molecular formula is C86H155NO8. The Labute approximate surface area is 589 Å². The van der Waals surface area contributed by atoms with E-state index >= 15 is 0 Å². The maximum Gasteiger partial charge on any atom is 0.306 e. The van der Waals surface area contributed by atoms with Gasteiger partial charge in [-0.15, -0.1) is 0 Å². The molecule has 0 saturated heterocycles. The van der Waals surface area contributed by atoms with Gasteiger partial charge >= 0.3 is 11.9 Å². The van der Waals surface area contributed by atoms with Crippen LogP contribution in [-0.2, 0) is 33.3 Å². The Morgan fingerprint density at radius 1 is 0.326 bits per heavy atom. The number of quaternary nitrogens is 1. The first-order valence-corrected chi connectivity index (χ1v) is 40.7. The Balaban J connectivity index is 3.98. The van der Waals surface area contributed by atoms with Crippen LogP contribution in [0.15, 0.2) is 85.1 Å². The van der Waals surface area contributed by atoms with Crippen LogP contribution in [0, 0.1) is 0 Å². The molecule has 0 bridgehead atoms. The van der Waals surface area contributed by atoms with Crippen molar-refractivity contribution in [2.45, 2.75) is 399 Å². The van der Waals surface area contributed by atoms with Crippen LogP contribution < -0.4 is 5.11 Å². The van der Waals surface area contributed by atoms with Crippen LogP contribution in [0.2, 0.25) is 0 Å². The number of allylic oxidation sites excluding steroid dienone is 14. The zero-order valence-corrected chi connectivity index (χ0v) is 63.3. The number of nitrogens with zero attached hydrogens (tertiary/aromatic N) is 1. The van der Waals surface area contributed by atoms with E-state index in [0.717, 1.165) is 77.0 Å². The van der Waals surface area contributed by atoms with E-state index in [2.05, 4.69) is 98.9 Å². The van der Waals surface area contributed by atoms with Crippen molar-refractivity contribution >= 4 is 17.9 Å². The number of hydrogen-bond donors (Lipinski definition) is 0. The molecule has 552 valence electrons. The minimum Gasteiger partial charge on any atom is -0.545 e. The van der Waals surface area contributed by atoms with Gasteiger partial charge < -0.3 is 33.3 Å². The minimum absolute atomic E-state index is 0.146. The van der Waals surface area contributed by atoms with Crippen LogP contribution in [0.3, 0.4) is 0 Å². The standard InChI is InChI=1S/C86H155NO8/c1-6-8-10-12-14-16-18-20-22-24-26-28-30-32-34-36-38-39-40-41-42-43-44-45-47-48-50-52-54-56-58-60-62-64-66-68-70-72-74-76-83(88)93-80-82(81-94-86(85(90)91)92-79-78-87(3,4)5)95-84(89)77-75-73-71-69-67-65-63-61-59-57-55-53-51-49-46-37-35-33-31-29-27-25-23-21-19-17-15-13-11-9-7-2/h9,11,15,17,21,23-24,26-27,29,33,35,46,49,82,86H,6-8,10,12-14,16,18-20,22,25,28,30-32,34,36-45,47-48,50-81H2,1-5H3/b11-9-,17-15-,23-21-,26-24-,29-27-,35-33-,49-46-. The van der Waals surface area contributed by atoms with Crippen molar-refractivity contribution in [3.8, 4) is 0 Å². The quantitative estimate of drug-likeness (QED) is 0.0195. The van der Waals surface area contributed by atoms with Crippen molar-refractivity contribution in [2.24, 2.45) is 0 Å². The third-order valence-corrected chi connectivity index (χ3v) is 18.1. The Bertz CT molecular complexity index is 1840. The molecule has 2 unspecified atom stereocenters. The topological polar surface area (TPSA) is 111 Å². The van der Waals surface area contributed by atoms with Gasteiger partial charge in [-0.3, -0.25) is 9.59 Å². The fourth-order valence-electron chi connectivity index (χ4n) is 12.0. The molecule has 0 aliphatic carbocycles. The minimum atomic E-state index is -1.63. The van der Waals surface area contributed by atoms with Crippen LogP contribution in [0.1, 0.15) is 386 Å². The molecule has 0 fully saturated rings. The SMILES string of the molecule is CC/C=C\C/C=C\C/C=C\C/C=C\C/C=C\C/C=C\CCCCCCCCCCCCCCC(=O)OC(COC(=O)CCCCCCCCCCCCCCCCCCCCCCCCCCCCC/C=C\CCCCCCCCCC)COC(OCC[N+](C)(C)C)C(=O)[O-]. The molecule has 0 aromatic heterocycles. The van der Waals surface area contributed by atoms with Crippen molar-refractivity contribution in [3.05, 3.63) is 85.1 Å². The zero-order chi connectivity index (χ0) is 69.0. The molecule has 0 aromatic carbocycles. The van der Waals surface area contributed by atoms with Crippen molar-refractivity contribution in [1.82, 2.24) is 0 Å². The maximum absolute atomic E-state index is 13.0. The number of ether oxygens (including phenoxy) is 4. The highest BCUT2D eigenvalue weighted by Gasteiger charge is 2.22. The number of carboxylic acids is 1. The predicted molar refractivity (Wildman–Crippen MR) is 408 cm³/mol. The van der Waals surface area contributed by atoms with Gasteiger partial charge in [0.1, 0.15) is 13.2 Å². The second-order valence-corrected chi connectivity index (χ2v) is 28.7. The third-order valence-electron chi connectivity index (χ3n) is 18.1. The first kappa shape index (κ1) is 91.5. The number of rotatable bonds is 76. The van der Waals surface area contributed by atoms with Crippen molar-refractivity contribution in [3.63, 3.8) is 0 Å². The summed E-state index contributed by atoms with van der Waals surface area (Å²) in [4.78, 5) is 37.6. The zero-order valence-electron chi connectivity index (χ0n) is 63.3. The number of carboxylic acid groups (broad SMARTS) is 1. The van der Waals surface area contributed by atoms with E-state index in [0.29, 0.717) is 23.9 Å². The van der Waals surface area contributed by atoms with Crippen molar-refractivity contribution < 1.29 is 42.9 Å². The lowest BCUT2D eigenvalue weighted by Gasteiger charge is -2.26. The molecule has 9 heteroatoms. The monoisotopic (exact) mass is 1330 g/mol. The van der Waals surface area contributed by atoms with Gasteiger partial charge in [-0.25, -0.2) is 0 Å². The number of aliphatic carboxylic acids is 1. The van der Waals surface area contributed by atoms with Gasteiger partial charge in [-0.05, 0) is 89.9 Å². The summed E-state index contributed by atoms with van der Waals surface area (Å²) >= 11 is 0.